The fourth-order valence-corrected chi connectivity index (χ4v) is 1.42. The van der Waals surface area contributed by atoms with Crippen molar-refractivity contribution in [1.29, 1.82) is 0 Å². The molecule has 0 atom stereocenters. The van der Waals surface area contributed by atoms with Gasteiger partial charge in [0.1, 0.15) is 0 Å². The van der Waals surface area contributed by atoms with Gasteiger partial charge in [-0.25, -0.2) is 0 Å². The molecule has 0 bridgehead atoms. The van der Waals surface area contributed by atoms with Crippen LogP contribution in [0.2, 0.25) is 0 Å². The van der Waals surface area contributed by atoms with E-state index in [9.17, 15) is 4.79 Å². The lowest BCUT2D eigenvalue weighted by molar-refractivity contribution is -0.126. The number of allylic oxidation sites excluding steroid dienone is 2. The second-order valence-electron chi connectivity index (χ2n) is 3.12. The number of carbonyl (C=O) groups is 1. The van der Waals surface area contributed by atoms with Crippen molar-refractivity contribution < 1.29 is 4.79 Å². The SMILES string of the molecule is C=CC1=C(/C=C\C)C(=O)N(C)CC1.CC. The lowest BCUT2D eigenvalue weighted by Crippen LogP contribution is -2.33. The molecule has 1 aliphatic rings. The molecule has 0 aromatic rings. The number of likely N-dealkylation sites (N-methyl/N-ethyl adjacent to an activating group) is 1. The molecule has 0 unspecified atom stereocenters. The Bertz CT molecular complexity index is 287. The van der Waals surface area contributed by atoms with Crippen LogP contribution in [0.25, 0.3) is 0 Å². The third-order valence-corrected chi connectivity index (χ3v) is 2.22. The fourth-order valence-electron chi connectivity index (χ4n) is 1.42. The third-order valence-electron chi connectivity index (χ3n) is 2.22. The van der Waals surface area contributed by atoms with Crippen molar-refractivity contribution >= 4 is 5.91 Å². The zero-order chi connectivity index (χ0) is 11.8. The Morgan fingerprint density at radius 2 is 2.00 bits per heavy atom. The van der Waals surface area contributed by atoms with Gasteiger partial charge in [-0.05, 0) is 18.9 Å². The van der Waals surface area contributed by atoms with E-state index in [2.05, 4.69) is 6.58 Å². The Morgan fingerprint density at radius 3 is 2.47 bits per heavy atom. The van der Waals surface area contributed by atoms with Crippen molar-refractivity contribution in [2.75, 3.05) is 13.6 Å². The Morgan fingerprint density at radius 1 is 1.40 bits per heavy atom. The highest BCUT2D eigenvalue weighted by Gasteiger charge is 2.20. The van der Waals surface area contributed by atoms with E-state index in [-0.39, 0.29) is 5.91 Å². The molecule has 0 fully saturated rings. The molecule has 1 heterocycles. The standard InChI is InChI=1S/C11H15NO.C2H6/c1-4-6-10-9(5-2)7-8-12(3)11(10)13;1-2/h4-6H,2,7-8H2,1,3H3;1-2H3/b6-4-;. The maximum atomic E-state index is 11.7. The van der Waals surface area contributed by atoms with Crippen molar-refractivity contribution in [1.82, 2.24) is 4.90 Å². The van der Waals surface area contributed by atoms with E-state index in [0.717, 1.165) is 24.1 Å². The second-order valence-corrected chi connectivity index (χ2v) is 3.12. The highest BCUT2D eigenvalue weighted by atomic mass is 16.2. The highest BCUT2D eigenvalue weighted by Crippen LogP contribution is 2.19. The van der Waals surface area contributed by atoms with Crippen LogP contribution in [0.4, 0.5) is 0 Å². The lowest BCUT2D eigenvalue weighted by Gasteiger charge is -2.24. The molecule has 0 aromatic carbocycles. The monoisotopic (exact) mass is 207 g/mol. The van der Waals surface area contributed by atoms with Crippen molar-refractivity contribution in [3.05, 3.63) is 36.0 Å². The Hall–Kier alpha value is -1.31. The first kappa shape index (κ1) is 13.7. The molecule has 84 valence electrons. The Kier molecular flexibility index (Phi) is 6.43. The van der Waals surface area contributed by atoms with E-state index in [4.69, 9.17) is 0 Å². The van der Waals surface area contributed by atoms with Gasteiger partial charge < -0.3 is 4.90 Å². The molecule has 0 spiro atoms. The summed E-state index contributed by atoms with van der Waals surface area (Å²) in [6, 6.07) is 0. The molecule has 1 rings (SSSR count). The summed E-state index contributed by atoms with van der Waals surface area (Å²) in [5.41, 5.74) is 1.84. The molecule has 0 aliphatic carbocycles. The molecule has 1 amide bonds. The van der Waals surface area contributed by atoms with Crippen LogP contribution in [0.1, 0.15) is 27.2 Å². The summed E-state index contributed by atoms with van der Waals surface area (Å²) in [6.07, 6.45) is 6.43. The predicted octanol–water partition coefficient (Wildman–Crippen LogP) is 2.93. The van der Waals surface area contributed by atoms with Gasteiger partial charge in [0.2, 0.25) is 0 Å². The molecule has 2 nitrogen and oxygen atoms in total. The number of nitrogens with zero attached hydrogens (tertiary/aromatic N) is 1. The molecule has 15 heavy (non-hydrogen) atoms. The van der Waals surface area contributed by atoms with Crippen LogP contribution in [0, 0.1) is 0 Å². The minimum absolute atomic E-state index is 0.0965. The largest absolute Gasteiger partial charge is 0.341 e. The van der Waals surface area contributed by atoms with Crippen LogP contribution in [0.3, 0.4) is 0 Å². The van der Waals surface area contributed by atoms with E-state index >= 15 is 0 Å². The van der Waals surface area contributed by atoms with E-state index in [0.29, 0.717) is 0 Å². The van der Waals surface area contributed by atoms with Crippen LogP contribution in [-0.2, 0) is 4.79 Å². The van der Waals surface area contributed by atoms with Crippen LogP contribution < -0.4 is 0 Å². The molecular weight excluding hydrogens is 186 g/mol. The van der Waals surface area contributed by atoms with Crippen LogP contribution >= 0.6 is 0 Å². The molecule has 1 aliphatic heterocycles. The molecule has 0 radical (unpaired) electrons. The molecule has 2 heteroatoms. The maximum Gasteiger partial charge on any atom is 0.253 e. The molecule has 0 saturated heterocycles. The number of hydrogen-bond acceptors (Lipinski definition) is 1. The molecule has 0 N–H and O–H groups in total. The first-order chi connectivity index (χ1) is 7.20. The quantitative estimate of drug-likeness (QED) is 0.681. The maximum absolute atomic E-state index is 11.7. The minimum atomic E-state index is 0.0965. The summed E-state index contributed by atoms with van der Waals surface area (Å²) < 4.78 is 0. The smallest absolute Gasteiger partial charge is 0.253 e. The molecule has 0 aromatic heterocycles. The predicted molar refractivity (Wildman–Crippen MR) is 65.6 cm³/mol. The summed E-state index contributed by atoms with van der Waals surface area (Å²) in [6.45, 7) is 10.4. The van der Waals surface area contributed by atoms with Crippen LogP contribution in [0.15, 0.2) is 36.0 Å². The Labute approximate surface area is 93.0 Å². The first-order valence-corrected chi connectivity index (χ1v) is 5.44. The van der Waals surface area contributed by atoms with Crippen LogP contribution in [0.5, 0.6) is 0 Å². The first-order valence-electron chi connectivity index (χ1n) is 5.44. The van der Waals surface area contributed by atoms with Gasteiger partial charge in [0.25, 0.3) is 5.91 Å². The number of hydrogen-bond donors (Lipinski definition) is 0. The molecule has 0 saturated carbocycles. The minimum Gasteiger partial charge on any atom is -0.341 e. The van der Waals surface area contributed by atoms with Gasteiger partial charge >= 0.3 is 0 Å². The fraction of sp³-hybridized carbons (Fsp3) is 0.462. The zero-order valence-electron chi connectivity index (χ0n) is 10.2. The summed E-state index contributed by atoms with van der Waals surface area (Å²) in [7, 11) is 1.83. The van der Waals surface area contributed by atoms with E-state index in [1.807, 2.05) is 40.0 Å². The van der Waals surface area contributed by atoms with E-state index in [1.165, 1.54) is 0 Å². The molecular formula is C13H21NO. The number of rotatable bonds is 2. The van der Waals surface area contributed by atoms with Gasteiger partial charge in [0.15, 0.2) is 0 Å². The Balaban J connectivity index is 0.000000921. The van der Waals surface area contributed by atoms with Gasteiger partial charge in [-0.2, -0.15) is 0 Å². The average molecular weight is 207 g/mol. The summed E-state index contributed by atoms with van der Waals surface area (Å²) in [5, 5.41) is 0. The van der Waals surface area contributed by atoms with Crippen molar-refractivity contribution in [3.63, 3.8) is 0 Å². The van der Waals surface area contributed by atoms with Crippen molar-refractivity contribution in [2.24, 2.45) is 0 Å². The van der Waals surface area contributed by atoms with Crippen molar-refractivity contribution in [2.45, 2.75) is 27.2 Å². The average Bonchev–Trinajstić information content (AvgIpc) is 2.28. The topological polar surface area (TPSA) is 20.3 Å². The summed E-state index contributed by atoms with van der Waals surface area (Å²) >= 11 is 0. The second kappa shape index (κ2) is 7.04. The third kappa shape index (κ3) is 3.39. The van der Waals surface area contributed by atoms with Gasteiger partial charge in [-0.15, -0.1) is 0 Å². The van der Waals surface area contributed by atoms with Gasteiger partial charge in [0.05, 0.1) is 0 Å². The highest BCUT2D eigenvalue weighted by molar-refractivity contribution is 5.98. The van der Waals surface area contributed by atoms with Gasteiger partial charge in [-0.3, -0.25) is 4.79 Å². The summed E-state index contributed by atoms with van der Waals surface area (Å²) in [4.78, 5) is 13.4. The van der Waals surface area contributed by atoms with Crippen LogP contribution in [-0.4, -0.2) is 24.4 Å². The lowest BCUT2D eigenvalue weighted by atomic mass is 9.99. The number of carbonyl (C=O) groups excluding carboxylic acids is 1. The zero-order valence-corrected chi connectivity index (χ0v) is 10.2. The van der Waals surface area contributed by atoms with Gasteiger partial charge in [0, 0.05) is 19.2 Å². The van der Waals surface area contributed by atoms with E-state index < -0.39 is 0 Å². The van der Waals surface area contributed by atoms with Gasteiger partial charge in [-0.1, -0.05) is 38.7 Å². The van der Waals surface area contributed by atoms with E-state index in [1.54, 1.807) is 11.0 Å². The van der Waals surface area contributed by atoms with Crippen molar-refractivity contribution in [3.8, 4) is 0 Å². The number of amides is 1. The summed E-state index contributed by atoms with van der Waals surface area (Å²) in [5.74, 6) is 0.0965. The normalized spacial score (nSPS) is 16.5.